The SMILES string of the molecule is CC1CCCC(CCNC(=O)C2(C(N)=NO)CCCC2)C1. The highest BCUT2D eigenvalue weighted by Gasteiger charge is 2.45. The van der Waals surface area contributed by atoms with Crippen LogP contribution in [-0.2, 0) is 4.79 Å². The largest absolute Gasteiger partial charge is 0.409 e. The van der Waals surface area contributed by atoms with E-state index in [1.165, 1.54) is 25.7 Å². The first-order valence-electron chi connectivity index (χ1n) is 8.35. The molecule has 0 heterocycles. The van der Waals surface area contributed by atoms with Crippen molar-refractivity contribution in [1.29, 1.82) is 0 Å². The van der Waals surface area contributed by atoms with Crippen molar-refractivity contribution in [3.8, 4) is 0 Å². The van der Waals surface area contributed by atoms with Crippen LogP contribution in [0.4, 0.5) is 0 Å². The second-order valence-corrected chi connectivity index (χ2v) is 6.96. The van der Waals surface area contributed by atoms with Gasteiger partial charge in [0.05, 0.1) is 0 Å². The third kappa shape index (κ3) is 3.69. The molecule has 4 N–H and O–H groups in total. The molecule has 5 heteroatoms. The number of carbonyl (C=O) groups is 1. The number of oxime groups is 1. The minimum Gasteiger partial charge on any atom is -0.409 e. The van der Waals surface area contributed by atoms with E-state index in [0.717, 1.165) is 31.1 Å². The second kappa shape index (κ2) is 7.14. The molecule has 2 atom stereocenters. The highest BCUT2D eigenvalue weighted by atomic mass is 16.4. The lowest BCUT2D eigenvalue weighted by Crippen LogP contribution is -2.48. The van der Waals surface area contributed by atoms with E-state index < -0.39 is 5.41 Å². The van der Waals surface area contributed by atoms with Crippen LogP contribution in [-0.4, -0.2) is 23.5 Å². The fourth-order valence-electron chi connectivity index (χ4n) is 4.05. The van der Waals surface area contributed by atoms with Crippen molar-refractivity contribution in [2.24, 2.45) is 28.1 Å². The quantitative estimate of drug-likeness (QED) is 0.315. The highest BCUT2D eigenvalue weighted by Crippen LogP contribution is 2.38. The molecule has 0 aromatic rings. The lowest BCUT2D eigenvalue weighted by Gasteiger charge is -2.28. The summed E-state index contributed by atoms with van der Waals surface area (Å²) < 4.78 is 0. The van der Waals surface area contributed by atoms with Crippen molar-refractivity contribution in [3.63, 3.8) is 0 Å². The Bertz CT molecular complexity index is 389. The maximum Gasteiger partial charge on any atom is 0.233 e. The van der Waals surface area contributed by atoms with Gasteiger partial charge in [-0.2, -0.15) is 0 Å². The van der Waals surface area contributed by atoms with Crippen molar-refractivity contribution >= 4 is 11.7 Å². The summed E-state index contributed by atoms with van der Waals surface area (Å²) in [4.78, 5) is 12.5. The molecule has 0 radical (unpaired) electrons. The molecule has 2 aliphatic rings. The van der Waals surface area contributed by atoms with E-state index in [4.69, 9.17) is 10.9 Å². The molecule has 0 spiro atoms. The minimum absolute atomic E-state index is 0.0563. The minimum atomic E-state index is -0.769. The Labute approximate surface area is 127 Å². The third-order valence-electron chi connectivity index (χ3n) is 5.37. The Morgan fingerprint density at radius 2 is 2.05 bits per heavy atom. The van der Waals surface area contributed by atoms with E-state index in [9.17, 15) is 4.79 Å². The van der Waals surface area contributed by atoms with E-state index in [0.29, 0.717) is 19.4 Å². The van der Waals surface area contributed by atoms with Gasteiger partial charge in [0, 0.05) is 6.54 Å². The van der Waals surface area contributed by atoms with Gasteiger partial charge in [0.1, 0.15) is 5.41 Å². The van der Waals surface area contributed by atoms with Crippen LogP contribution >= 0.6 is 0 Å². The smallest absolute Gasteiger partial charge is 0.233 e. The van der Waals surface area contributed by atoms with Crippen molar-refractivity contribution in [1.82, 2.24) is 5.32 Å². The Morgan fingerprint density at radius 1 is 1.33 bits per heavy atom. The number of nitrogens with zero attached hydrogens (tertiary/aromatic N) is 1. The number of amides is 1. The number of nitrogens with two attached hydrogens (primary N) is 1. The molecule has 0 aromatic heterocycles. The molecule has 2 rings (SSSR count). The van der Waals surface area contributed by atoms with Gasteiger partial charge in [-0.15, -0.1) is 0 Å². The van der Waals surface area contributed by atoms with Crippen LogP contribution in [0.5, 0.6) is 0 Å². The van der Waals surface area contributed by atoms with Crippen LogP contribution in [0.2, 0.25) is 0 Å². The number of rotatable bonds is 5. The third-order valence-corrected chi connectivity index (χ3v) is 5.37. The van der Waals surface area contributed by atoms with Crippen LogP contribution in [0.3, 0.4) is 0 Å². The zero-order chi connectivity index (χ0) is 15.3. The molecule has 0 bridgehead atoms. The summed E-state index contributed by atoms with van der Waals surface area (Å²) in [5.41, 5.74) is 5.02. The van der Waals surface area contributed by atoms with Crippen molar-refractivity contribution in [3.05, 3.63) is 0 Å². The van der Waals surface area contributed by atoms with Crippen molar-refractivity contribution in [2.45, 2.75) is 64.7 Å². The van der Waals surface area contributed by atoms with Gasteiger partial charge in [0.15, 0.2) is 5.84 Å². The molecule has 2 fully saturated rings. The van der Waals surface area contributed by atoms with Gasteiger partial charge in [-0.3, -0.25) is 4.79 Å². The van der Waals surface area contributed by atoms with Crippen LogP contribution in [0.1, 0.15) is 64.7 Å². The van der Waals surface area contributed by atoms with Gasteiger partial charge in [-0.1, -0.05) is 44.2 Å². The van der Waals surface area contributed by atoms with Gasteiger partial charge in [-0.05, 0) is 37.5 Å². The van der Waals surface area contributed by atoms with E-state index in [1.807, 2.05) is 0 Å². The monoisotopic (exact) mass is 295 g/mol. The lowest BCUT2D eigenvalue weighted by atomic mass is 9.80. The zero-order valence-electron chi connectivity index (χ0n) is 13.1. The van der Waals surface area contributed by atoms with Gasteiger partial charge >= 0.3 is 0 Å². The van der Waals surface area contributed by atoms with Gasteiger partial charge in [-0.25, -0.2) is 0 Å². The van der Waals surface area contributed by atoms with Crippen LogP contribution in [0.25, 0.3) is 0 Å². The molecule has 5 nitrogen and oxygen atoms in total. The van der Waals surface area contributed by atoms with Gasteiger partial charge in [0.2, 0.25) is 5.91 Å². The fourth-order valence-corrected chi connectivity index (χ4v) is 4.05. The molecule has 1 amide bonds. The van der Waals surface area contributed by atoms with Crippen LogP contribution in [0.15, 0.2) is 5.16 Å². The summed E-state index contributed by atoms with van der Waals surface area (Å²) in [5, 5.41) is 15.1. The molecule has 0 aromatic carbocycles. The molecule has 120 valence electrons. The van der Waals surface area contributed by atoms with E-state index >= 15 is 0 Å². The molecular weight excluding hydrogens is 266 g/mol. The molecular formula is C16H29N3O2. The summed E-state index contributed by atoms with van der Waals surface area (Å²) in [6.45, 7) is 3.02. The molecule has 0 aliphatic heterocycles. The predicted molar refractivity (Wildman–Crippen MR) is 83.1 cm³/mol. The van der Waals surface area contributed by atoms with Gasteiger partial charge < -0.3 is 16.3 Å². The maximum atomic E-state index is 12.5. The zero-order valence-corrected chi connectivity index (χ0v) is 13.1. The Morgan fingerprint density at radius 3 is 2.67 bits per heavy atom. The van der Waals surface area contributed by atoms with E-state index in [-0.39, 0.29) is 11.7 Å². The Kier molecular flexibility index (Phi) is 5.48. The van der Waals surface area contributed by atoms with Crippen molar-refractivity contribution < 1.29 is 10.0 Å². The first-order valence-corrected chi connectivity index (χ1v) is 8.35. The first-order chi connectivity index (χ1) is 10.1. The lowest BCUT2D eigenvalue weighted by molar-refractivity contribution is -0.127. The maximum absolute atomic E-state index is 12.5. The number of hydrogen-bond acceptors (Lipinski definition) is 3. The molecule has 2 aliphatic carbocycles. The average Bonchev–Trinajstić information content (AvgIpc) is 2.97. The first kappa shape index (κ1) is 16.1. The number of carbonyl (C=O) groups excluding carboxylic acids is 1. The summed E-state index contributed by atoms with van der Waals surface area (Å²) in [5.74, 6) is 1.57. The average molecular weight is 295 g/mol. The molecule has 2 unspecified atom stereocenters. The van der Waals surface area contributed by atoms with Crippen molar-refractivity contribution in [2.75, 3.05) is 6.54 Å². The summed E-state index contributed by atoms with van der Waals surface area (Å²) in [6.07, 6.45) is 9.57. The molecule has 0 saturated heterocycles. The van der Waals surface area contributed by atoms with Gasteiger partial charge in [0.25, 0.3) is 0 Å². The number of nitrogens with one attached hydrogen (secondary N) is 1. The van der Waals surface area contributed by atoms with E-state index in [2.05, 4.69) is 17.4 Å². The number of hydrogen-bond donors (Lipinski definition) is 3. The highest BCUT2D eigenvalue weighted by molar-refractivity contribution is 6.07. The Balaban J connectivity index is 1.83. The normalized spacial score (nSPS) is 29.3. The second-order valence-electron chi connectivity index (χ2n) is 6.96. The summed E-state index contributed by atoms with van der Waals surface area (Å²) in [6, 6.07) is 0. The topological polar surface area (TPSA) is 87.7 Å². The summed E-state index contributed by atoms with van der Waals surface area (Å²) in [7, 11) is 0. The molecule has 2 saturated carbocycles. The Hall–Kier alpha value is -1.26. The standard InChI is InChI=1S/C16H29N3O2/c1-12-5-4-6-13(11-12)7-10-18-15(20)16(14(17)19-21)8-2-3-9-16/h12-13,21H,2-11H2,1H3,(H2,17,19)(H,18,20). The van der Waals surface area contributed by atoms with Crippen LogP contribution < -0.4 is 11.1 Å². The fraction of sp³-hybridized carbons (Fsp3) is 0.875. The molecule has 21 heavy (non-hydrogen) atoms. The van der Waals surface area contributed by atoms with E-state index in [1.54, 1.807) is 0 Å². The predicted octanol–water partition coefficient (Wildman–Crippen LogP) is 2.63. The number of amidine groups is 1. The van der Waals surface area contributed by atoms with Crippen LogP contribution in [0, 0.1) is 17.3 Å². The summed E-state index contributed by atoms with van der Waals surface area (Å²) >= 11 is 0.